The third-order valence-corrected chi connectivity index (χ3v) is 9.12. The largest absolute Gasteiger partial charge is 0.495 e. The molecule has 4 aromatic carbocycles. The molecule has 196 valence electrons. The van der Waals surface area contributed by atoms with Gasteiger partial charge in [-0.1, -0.05) is 71.4 Å². The van der Waals surface area contributed by atoms with Crippen LogP contribution in [0.4, 0.5) is 11.4 Å². The lowest BCUT2D eigenvalue weighted by Crippen LogP contribution is -2.38. The number of methoxy groups -OCH3 is 1. The molecule has 0 aliphatic rings. The molecule has 0 bridgehead atoms. The Kier molecular flexibility index (Phi) is 8.89. The second-order valence-electron chi connectivity index (χ2n) is 8.22. The molecule has 0 aliphatic carbocycles. The van der Waals surface area contributed by atoms with Crippen molar-refractivity contribution >= 4 is 62.3 Å². The molecule has 10 heteroatoms. The number of nitrogens with one attached hydrogen (secondary N) is 1. The van der Waals surface area contributed by atoms with Crippen molar-refractivity contribution in [3.63, 3.8) is 0 Å². The number of para-hydroxylation sites is 1. The Morgan fingerprint density at radius 2 is 1.63 bits per heavy atom. The third-order valence-electron chi connectivity index (χ3n) is 5.50. The number of carbonyl (C=O) groups excluding carboxylic acids is 1. The van der Waals surface area contributed by atoms with Gasteiger partial charge < -0.3 is 10.1 Å². The highest BCUT2D eigenvalue weighted by Gasteiger charge is 2.31. The van der Waals surface area contributed by atoms with Crippen LogP contribution in [0.2, 0.25) is 10.0 Å². The lowest BCUT2D eigenvalue weighted by molar-refractivity contribution is -0.114. The molecule has 0 unspecified atom stereocenters. The fourth-order valence-electron chi connectivity index (χ4n) is 3.65. The van der Waals surface area contributed by atoms with Gasteiger partial charge in [-0.15, -0.1) is 0 Å². The van der Waals surface area contributed by atoms with Gasteiger partial charge in [-0.2, -0.15) is 0 Å². The number of nitrogens with zero attached hydrogens (tertiary/aromatic N) is 1. The summed E-state index contributed by atoms with van der Waals surface area (Å²) in [6, 6.07) is 26.3. The topological polar surface area (TPSA) is 75.7 Å². The summed E-state index contributed by atoms with van der Waals surface area (Å²) in [6.07, 6.45) is 0. The number of rotatable bonds is 9. The molecular formula is C28H24Cl2N2O4S2. The van der Waals surface area contributed by atoms with Gasteiger partial charge in [0.1, 0.15) is 17.2 Å². The van der Waals surface area contributed by atoms with Crippen LogP contribution in [0.1, 0.15) is 5.56 Å². The number of amides is 1. The third kappa shape index (κ3) is 6.45. The molecule has 0 atom stereocenters. The molecule has 1 N–H and O–H groups in total. The molecule has 0 fully saturated rings. The second-order valence-corrected chi connectivity index (χ2v) is 12.0. The molecule has 0 spiro atoms. The van der Waals surface area contributed by atoms with Gasteiger partial charge in [0.05, 0.1) is 28.5 Å². The Hall–Kier alpha value is -3.17. The zero-order valence-corrected chi connectivity index (χ0v) is 23.7. The molecule has 0 saturated carbocycles. The Morgan fingerprint density at radius 1 is 0.921 bits per heavy atom. The first kappa shape index (κ1) is 27.9. The van der Waals surface area contributed by atoms with Crippen LogP contribution in [-0.2, 0) is 14.8 Å². The first-order chi connectivity index (χ1) is 18.2. The molecule has 0 saturated heterocycles. The zero-order valence-electron chi connectivity index (χ0n) is 20.5. The Morgan fingerprint density at radius 3 is 2.34 bits per heavy atom. The van der Waals surface area contributed by atoms with Gasteiger partial charge in [-0.05, 0) is 67.1 Å². The summed E-state index contributed by atoms with van der Waals surface area (Å²) in [5.74, 6) is -0.377. The monoisotopic (exact) mass is 586 g/mol. The van der Waals surface area contributed by atoms with Gasteiger partial charge in [-0.3, -0.25) is 9.10 Å². The van der Waals surface area contributed by atoms with Gasteiger partial charge >= 0.3 is 0 Å². The van der Waals surface area contributed by atoms with Crippen molar-refractivity contribution in [1.29, 1.82) is 0 Å². The van der Waals surface area contributed by atoms with Crippen molar-refractivity contribution in [1.82, 2.24) is 0 Å². The second kappa shape index (κ2) is 12.1. The molecular weight excluding hydrogens is 563 g/mol. The number of anilines is 2. The highest BCUT2D eigenvalue weighted by atomic mass is 35.5. The molecule has 1 amide bonds. The highest BCUT2D eigenvalue weighted by molar-refractivity contribution is 7.99. The van der Waals surface area contributed by atoms with Crippen molar-refractivity contribution in [2.75, 3.05) is 23.3 Å². The number of hydrogen-bond donors (Lipinski definition) is 1. The van der Waals surface area contributed by atoms with Crippen LogP contribution in [0.5, 0.6) is 5.75 Å². The van der Waals surface area contributed by atoms with E-state index in [-0.39, 0.29) is 26.4 Å². The minimum Gasteiger partial charge on any atom is -0.495 e. The van der Waals surface area contributed by atoms with Gasteiger partial charge in [0, 0.05) is 9.79 Å². The average Bonchev–Trinajstić information content (AvgIpc) is 2.90. The van der Waals surface area contributed by atoms with Gasteiger partial charge in [0.15, 0.2) is 0 Å². The zero-order chi connectivity index (χ0) is 27.3. The summed E-state index contributed by atoms with van der Waals surface area (Å²) >= 11 is 13.8. The van der Waals surface area contributed by atoms with E-state index in [1.165, 1.54) is 43.1 Å². The molecule has 0 radical (unpaired) electrons. The fraction of sp³-hybridized carbons (Fsp3) is 0.107. The standard InChI is InChI=1S/C28H24Cl2N2O4S2/c1-19-12-15-25(36-2)27(16-19)38(34,35)32(20-13-14-22(29)23(30)17-20)18-28(33)31-24-10-6-7-11-26(24)37-21-8-4-3-5-9-21/h3-17H,18H2,1-2H3,(H,31,33). The van der Waals surface area contributed by atoms with Crippen molar-refractivity contribution < 1.29 is 17.9 Å². The molecule has 38 heavy (non-hydrogen) atoms. The first-order valence-corrected chi connectivity index (χ1v) is 14.4. The van der Waals surface area contributed by atoms with Gasteiger partial charge in [0.25, 0.3) is 10.0 Å². The summed E-state index contributed by atoms with van der Waals surface area (Å²) in [7, 11) is -2.86. The maximum absolute atomic E-state index is 13.9. The Labute approximate surface area is 236 Å². The first-order valence-electron chi connectivity index (χ1n) is 11.4. The van der Waals surface area contributed by atoms with E-state index in [9.17, 15) is 13.2 Å². The molecule has 0 aliphatic heterocycles. The van der Waals surface area contributed by atoms with E-state index in [0.29, 0.717) is 5.69 Å². The number of halogens is 2. The smallest absolute Gasteiger partial charge is 0.268 e. The molecule has 0 aromatic heterocycles. The Balaban J connectivity index is 1.69. The van der Waals surface area contributed by atoms with Gasteiger partial charge in [0.2, 0.25) is 5.91 Å². The summed E-state index contributed by atoms with van der Waals surface area (Å²) < 4.78 is 34.2. The predicted octanol–water partition coefficient (Wildman–Crippen LogP) is 7.30. The number of ether oxygens (including phenoxy) is 1. The number of hydrogen-bond acceptors (Lipinski definition) is 5. The summed E-state index contributed by atoms with van der Waals surface area (Å²) in [4.78, 5) is 15.1. The van der Waals surface area contributed by atoms with E-state index in [1.54, 1.807) is 31.2 Å². The Bertz CT molecular complexity index is 1560. The maximum atomic E-state index is 13.9. The van der Waals surface area contributed by atoms with Crippen LogP contribution >= 0.6 is 35.0 Å². The summed E-state index contributed by atoms with van der Waals surface area (Å²) in [6.45, 7) is 1.26. The predicted molar refractivity (Wildman–Crippen MR) is 154 cm³/mol. The lowest BCUT2D eigenvalue weighted by Gasteiger charge is -2.25. The normalized spacial score (nSPS) is 11.2. The van der Waals surface area contributed by atoms with Crippen molar-refractivity contribution in [2.45, 2.75) is 21.6 Å². The van der Waals surface area contributed by atoms with E-state index in [0.717, 1.165) is 19.7 Å². The summed E-state index contributed by atoms with van der Waals surface area (Å²) in [5.41, 5.74) is 1.46. The number of sulfonamides is 1. The lowest BCUT2D eigenvalue weighted by atomic mass is 10.2. The molecule has 6 nitrogen and oxygen atoms in total. The van der Waals surface area contributed by atoms with Crippen molar-refractivity contribution in [3.05, 3.63) is 107 Å². The number of aryl methyl sites for hydroxylation is 1. The van der Waals surface area contributed by atoms with E-state index < -0.39 is 22.5 Å². The van der Waals surface area contributed by atoms with E-state index >= 15 is 0 Å². The highest BCUT2D eigenvalue weighted by Crippen LogP contribution is 2.35. The van der Waals surface area contributed by atoms with Crippen LogP contribution in [0.25, 0.3) is 0 Å². The van der Waals surface area contributed by atoms with Crippen LogP contribution in [0, 0.1) is 6.92 Å². The van der Waals surface area contributed by atoms with E-state index in [4.69, 9.17) is 27.9 Å². The van der Waals surface area contributed by atoms with Crippen LogP contribution < -0.4 is 14.4 Å². The number of benzene rings is 4. The van der Waals surface area contributed by atoms with Crippen molar-refractivity contribution in [2.24, 2.45) is 0 Å². The van der Waals surface area contributed by atoms with E-state index in [2.05, 4.69) is 5.32 Å². The van der Waals surface area contributed by atoms with Crippen LogP contribution in [0.3, 0.4) is 0 Å². The molecule has 0 heterocycles. The minimum atomic E-state index is -4.25. The fourth-order valence-corrected chi connectivity index (χ4v) is 6.53. The minimum absolute atomic E-state index is 0.0705. The van der Waals surface area contributed by atoms with Crippen molar-refractivity contribution in [3.8, 4) is 5.75 Å². The van der Waals surface area contributed by atoms with E-state index in [1.807, 2.05) is 42.5 Å². The average molecular weight is 588 g/mol. The molecule has 4 aromatic rings. The van der Waals surface area contributed by atoms with Crippen LogP contribution in [0.15, 0.2) is 106 Å². The maximum Gasteiger partial charge on any atom is 0.268 e. The number of carbonyl (C=O) groups is 1. The van der Waals surface area contributed by atoms with Gasteiger partial charge in [-0.25, -0.2) is 8.42 Å². The SMILES string of the molecule is COc1ccc(C)cc1S(=O)(=O)N(CC(=O)Nc1ccccc1Sc1ccccc1)c1ccc(Cl)c(Cl)c1. The summed E-state index contributed by atoms with van der Waals surface area (Å²) in [5, 5.41) is 3.28. The molecule has 4 rings (SSSR count). The van der Waals surface area contributed by atoms with Crippen LogP contribution in [-0.4, -0.2) is 28.0 Å². The quantitative estimate of drug-likeness (QED) is 0.223.